The third-order valence-electron chi connectivity index (χ3n) is 5.52. The minimum absolute atomic E-state index is 0.137. The fourth-order valence-electron chi connectivity index (χ4n) is 4.49. The standard InChI is InChI=1S/C17H33N3O/c1-11(2)9-17(3,10-18)20-16(21)14-7-12-5-4-6-13(8-14)15(12)19/h11-15H,4-10,18-19H2,1-3H3,(H,20,21). The van der Waals surface area contributed by atoms with E-state index in [4.69, 9.17) is 11.5 Å². The van der Waals surface area contributed by atoms with Gasteiger partial charge in [0.25, 0.3) is 0 Å². The molecule has 0 spiro atoms. The van der Waals surface area contributed by atoms with Crippen LogP contribution < -0.4 is 16.8 Å². The van der Waals surface area contributed by atoms with Gasteiger partial charge in [-0.15, -0.1) is 0 Å². The van der Waals surface area contributed by atoms with E-state index in [0.717, 1.165) is 19.3 Å². The number of hydrogen-bond donors (Lipinski definition) is 3. The van der Waals surface area contributed by atoms with Crippen LogP contribution >= 0.6 is 0 Å². The number of fused-ring (bicyclic) bond motifs is 2. The van der Waals surface area contributed by atoms with Gasteiger partial charge < -0.3 is 16.8 Å². The topological polar surface area (TPSA) is 81.1 Å². The zero-order valence-electron chi connectivity index (χ0n) is 13.9. The van der Waals surface area contributed by atoms with Gasteiger partial charge in [0.1, 0.15) is 0 Å². The van der Waals surface area contributed by atoms with Crippen molar-refractivity contribution in [2.24, 2.45) is 35.1 Å². The molecule has 2 saturated carbocycles. The van der Waals surface area contributed by atoms with Crippen molar-refractivity contribution in [3.63, 3.8) is 0 Å². The maximum Gasteiger partial charge on any atom is 0.223 e. The van der Waals surface area contributed by atoms with E-state index >= 15 is 0 Å². The first kappa shape index (κ1) is 16.8. The van der Waals surface area contributed by atoms with E-state index in [2.05, 4.69) is 26.1 Å². The highest BCUT2D eigenvalue weighted by Gasteiger charge is 2.41. The molecular weight excluding hydrogens is 262 g/mol. The van der Waals surface area contributed by atoms with E-state index in [1.807, 2.05) is 0 Å². The van der Waals surface area contributed by atoms with Crippen LogP contribution in [0.3, 0.4) is 0 Å². The Bertz CT molecular complexity index is 357. The number of carbonyl (C=O) groups is 1. The fraction of sp³-hybridized carbons (Fsp3) is 0.941. The Hall–Kier alpha value is -0.610. The van der Waals surface area contributed by atoms with Gasteiger partial charge in [-0.2, -0.15) is 0 Å². The third kappa shape index (κ3) is 3.98. The molecule has 4 heteroatoms. The second-order valence-electron chi connectivity index (χ2n) is 8.05. The quantitative estimate of drug-likeness (QED) is 0.726. The zero-order chi connectivity index (χ0) is 15.6. The van der Waals surface area contributed by atoms with Gasteiger partial charge >= 0.3 is 0 Å². The summed E-state index contributed by atoms with van der Waals surface area (Å²) in [4.78, 5) is 12.7. The van der Waals surface area contributed by atoms with Gasteiger partial charge in [0, 0.05) is 24.0 Å². The lowest BCUT2D eigenvalue weighted by Crippen LogP contribution is -2.56. The van der Waals surface area contributed by atoms with Crippen LogP contribution in [-0.4, -0.2) is 24.0 Å². The summed E-state index contributed by atoms with van der Waals surface area (Å²) in [7, 11) is 0. The van der Waals surface area contributed by atoms with Gasteiger partial charge in [0.15, 0.2) is 0 Å². The van der Waals surface area contributed by atoms with Crippen LogP contribution in [0.25, 0.3) is 0 Å². The Kier molecular flexibility index (Phi) is 5.31. The van der Waals surface area contributed by atoms with E-state index in [1.54, 1.807) is 0 Å². The van der Waals surface area contributed by atoms with Crippen molar-refractivity contribution in [1.29, 1.82) is 0 Å². The third-order valence-corrected chi connectivity index (χ3v) is 5.52. The minimum Gasteiger partial charge on any atom is -0.349 e. The van der Waals surface area contributed by atoms with Crippen molar-refractivity contribution in [1.82, 2.24) is 5.32 Å². The van der Waals surface area contributed by atoms with Crippen molar-refractivity contribution < 1.29 is 4.79 Å². The average Bonchev–Trinajstić information content (AvgIpc) is 2.37. The van der Waals surface area contributed by atoms with Gasteiger partial charge in [-0.3, -0.25) is 4.79 Å². The Balaban J connectivity index is 1.97. The normalized spacial score (nSPS) is 35.3. The lowest BCUT2D eigenvalue weighted by atomic mass is 9.65. The highest BCUT2D eigenvalue weighted by Crippen LogP contribution is 2.42. The number of rotatable bonds is 5. The van der Waals surface area contributed by atoms with Crippen LogP contribution in [0.15, 0.2) is 0 Å². The van der Waals surface area contributed by atoms with Crippen LogP contribution in [0, 0.1) is 23.7 Å². The molecule has 2 aliphatic rings. The second-order valence-corrected chi connectivity index (χ2v) is 8.05. The molecule has 2 bridgehead atoms. The lowest BCUT2D eigenvalue weighted by Gasteiger charge is -2.44. The summed E-state index contributed by atoms with van der Waals surface area (Å²) in [6.45, 7) is 6.91. The Morgan fingerprint density at radius 2 is 1.86 bits per heavy atom. The number of hydrogen-bond acceptors (Lipinski definition) is 3. The molecule has 0 heterocycles. The number of nitrogens with two attached hydrogens (primary N) is 2. The number of nitrogens with one attached hydrogen (secondary N) is 1. The van der Waals surface area contributed by atoms with E-state index < -0.39 is 0 Å². The van der Waals surface area contributed by atoms with Gasteiger partial charge in [0.2, 0.25) is 5.91 Å². The Labute approximate surface area is 129 Å². The van der Waals surface area contributed by atoms with Crippen molar-refractivity contribution in [3.05, 3.63) is 0 Å². The maximum absolute atomic E-state index is 12.7. The summed E-state index contributed by atoms with van der Waals surface area (Å²) in [5.74, 6) is 1.95. The summed E-state index contributed by atoms with van der Waals surface area (Å²) < 4.78 is 0. The molecule has 4 nitrogen and oxygen atoms in total. The molecular formula is C17H33N3O. The van der Waals surface area contributed by atoms with Crippen molar-refractivity contribution in [2.75, 3.05) is 6.54 Å². The molecule has 1 amide bonds. The van der Waals surface area contributed by atoms with E-state index in [1.165, 1.54) is 19.3 Å². The van der Waals surface area contributed by atoms with Crippen molar-refractivity contribution in [3.8, 4) is 0 Å². The molecule has 0 aromatic rings. The zero-order valence-corrected chi connectivity index (χ0v) is 13.9. The van der Waals surface area contributed by atoms with Gasteiger partial charge in [-0.1, -0.05) is 20.3 Å². The molecule has 0 aliphatic heterocycles. The fourth-order valence-corrected chi connectivity index (χ4v) is 4.49. The predicted octanol–water partition coefficient (Wildman–Crippen LogP) is 2.02. The second kappa shape index (κ2) is 6.66. The molecule has 0 aromatic carbocycles. The highest BCUT2D eigenvalue weighted by molar-refractivity contribution is 5.79. The predicted molar refractivity (Wildman–Crippen MR) is 86.6 cm³/mol. The summed E-state index contributed by atoms with van der Waals surface area (Å²) in [5, 5.41) is 3.24. The lowest BCUT2D eigenvalue weighted by molar-refractivity contribution is -0.129. The van der Waals surface area contributed by atoms with Crippen LogP contribution in [0.5, 0.6) is 0 Å². The van der Waals surface area contributed by atoms with Crippen molar-refractivity contribution >= 4 is 5.91 Å². The highest BCUT2D eigenvalue weighted by atomic mass is 16.2. The minimum atomic E-state index is -0.278. The monoisotopic (exact) mass is 295 g/mol. The molecule has 122 valence electrons. The Morgan fingerprint density at radius 1 is 1.29 bits per heavy atom. The SMILES string of the molecule is CC(C)CC(C)(CN)NC(=O)C1CC2CCCC(C1)C2N. The first-order valence-corrected chi connectivity index (χ1v) is 8.62. The van der Waals surface area contributed by atoms with Crippen LogP contribution in [0.2, 0.25) is 0 Å². The summed E-state index contributed by atoms with van der Waals surface area (Å²) in [5.41, 5.74) is 11.9. The van der Waals surface area contributed by atoms with Gasteiger partial charge in [-0.05, 0) is 56.8 Å². The molecule has 3 unspecified atom stereocenters. The molecule has 0 radical (unpaired) electrons. The van der Waals surface area contributed by atoms with E-state index in [-0.39, 0.29) is 17.4 Å². The molecule has 3 atom stereocenters. The molecule has 5 N–H and O–H groups in total. The van der Waals surface area contributed by atoms with Gasteiger partial charge in [-0.25, -0.2) is 0 Å². The van der Waals surface area contributed by atoms with E-state index in [0.29, 0.717) is 30.3 Å². The molecule has 2 aliphatic carbocycles. The molecule has 2 fully saturated rings. The van der Waals surface area contributed by atoms with E-state index in [9.17, 15) is 4.79 Å². The van der Waals surface area contributed by atoms with Crippen LogP contribution in [0.4, 0.5) is 0 Å². The first-order valence-electron chi connectivity index (χ1n) is 8.62. The van der Waals surface area contributed by atoms with Crippen molar-refractivity contribution in [2.45, 2.75) is 70.9 Å². The smallest absolute Gasteiger partial charge is 0.223 e. The molecule has 0 saturated heterocycles. The maximum atomic E-state index is 12.7. The Morgan fingerprint density at radius 3 is 2.33 bits per heavy atom. The summed E-state index contributed by atoms with van der Waals surface area (Å²) >= 11 is 0. The first-order chi connectivity index (χ1) is 9.84. The summed E-state index contributed by atoms with van der Waals surface area (Å²) in [6.07, 6.45) is 6.53. The summed E-state index contributed by atoms with van der Waals surface area (Å²) in [6, 6.07) is 0.319. The average molecular weight is 295 g/mol. The number of amides is 1. The number of carbonyl (C=O) groups excluding carboxylic acids is 1. The molecule has 21 heavy (non-hydrogen) atoms. The van der Waals surface area contributed by atoms with Crippen LogP contribution in [-0.2, 0) is 4.79 Å². The van der Waals surface area contributed by atoms with Crippen LogP contribution in [0.1, 0.15) is 59.3 Å². The molecule has 0 aromatic heterocycles. The largest absolute Gasteiger partial charge is 0.349 e. The molecule has 2 rings (SSSR count). The van der Waals surface area contributed by atoms with Gasteiger partial charge in [0.05, 0.1) is 0 Å².